The molecule has 0 spiro atoms. The van der Waals surface area contributed by atoms with Crippen molar-refractivity contribution in [2.24, 2.45) is 5.92 Å². The molecule has 7 nitrogen and oxygen atoms in total. The van der Waals surface area contributed by atoms with Crippen molar-refractivity contribution < 1.29 is 18.8 Å². The van der Waals surface area contributed by atoms with Gasteiger partial charge in [0.1, 0.15) is 5.75 Å². The molecule has 4 rings (SSSR count). The first-order valence-corrected chi connectivity index (χ1v) is 9.81. The first-order chi connectivity index (χ1) is 13.6. The van der Waals surface area contributed by atoms with Gasteiger partial charge in [-0.2, -0.15) is 0 Å². The maximum atomic E-state index is 12.4. The second-order valence-electron chi connectivity index (χ2n) is 7.50. The highest BCUT2D eigenvalue weighted by Crippen LogP contribution is 2.36. The molecular weight excluding hydrogens is 358 g/mol. The smallest absolute Gasteiger partial charge is 0.273 e. The van der Waals surface area contributed by atoms with E-state index in [9.17, 15) is 9.59 Å². The van der Waals surface area contributed by atoms with Crippen LogP contribution < -0.4 is 10.1 Å². The molecule has 2 saturated carbocycles. The molecule has 0 radical (unpaired) electrons. The summed E-state index contributed by atoms with van der Waals surface area (Å²) in [6.07, 6.45) is 4.78. The van der Waals surface area contributed by atoms with Crippen LogP contribution in [0.25, 0.3) is 0 Å². The largest absolute Gasteiger partial charge is 0.497 e. The quantitative estimate of drug-likeness (QED) is 0.719. The lowest BCUT2D eigenvalue weighted by molar-refractivity contribution is -0.134. The van der Waals surface area contributed by atoms with Gasteiger partial charge in [-0.3, -0.25) is 9.59 Å². The number of nitrogens with one attached hydrogen (secondary N) is 1. The second-order valence-corrected chi connectivity index (χ2v) is 7.50. The predicted octanol–water partition coefficient (Wildman–Crippen LogP) is 2.56. The van der Waals surface area contributed by atoms with Gasteiger partial charge in [-0.1, -0.05) is 17.3 Å². The predicted molar refractivity (Wildman–Crippen MR) is 102 cm³/mol. The molecule has 148 valence electrons. The lowest BCUT2D eigenvalue weighted by atomic mass is 10.1. The first kappa shape index (κ1) is 18.5. The molecule has 0 atom stereocenters. The van der Waals surface area contributed by atoms with Crippen LogP contribution in [0.15, 0.2) is 34.9 Å². The van der Waals surface area contributed by atoms with E-state index in [0.717, 1.165) is 37.0 Å². The van der Waals surface area contributed by atoms with E-state index in [1.807, 2.05) is 29.2 Å². The van der Waals surface area contributed by atoms with Crippen molar-refractivity contribution in [3.8, 4) is 5.75 Å². The lowest BCUT2D eigenvalue weighted by Crippen LogP contribution is -2.33. The van der Waals surface area contributed by atoms with Gasteiger partial charge in [-0.05, 0) is 49.8 Å². The molecule has 2 aliphatic rings. The average Bonchev–Trinajstić information content (AvgIpc) is 3.64. The van der Waals surface area contributed by atoms with Crippen LogP contribution in [0.2, 0.25) is 0 Å². The minimum Gasteiger partial charge on any atom is -0.497 e. The van der Waals surface area contributed by atoms with Crippen LogP contribution in [0.3, 0.4) is 0 Å². The summed E-state index contributed by atoms with van der Waals surface area (Å²) in [6, 6.07) is 9.70. The van der Waals surface area contributed by atoms with Crippen LogP contribution >= 0.6 is 0 Å². The molecule has 0 unspecified atom stereocenters. The summed E-state index contributed by atoms with van der Waals surface area (Å²) in [5.41, 5.74) is 1.36. The summed E-state index contributed by atoms with van der Waals surface area (Å²) in [7, 11) is 1.63. The van der Waals surface area contributed by atoms with Crippen molar-refractivity contribution in [2.45, 2.75) is 44.7 Å². The van der Waals surface area contributed by atoms with E-state index in [0.29, 0.717) is 31.3 Å². The zero-order chi connectivity index (χ0) is 19.5. The van der Waals surface area contributed by atoms with E-state index >= 15 is 0 Å². The molecule has 1 N–H and O–H groups in total. The molecule has 2 aliphatic carbocycles. The fourth-order valence-corrected chi connectivity index (χ4v) is 3.20. The van der Waals surface area contributed by atoms with Crippen LogP contribution in [0.5, 0.6) is 5.75 Å². The van der Waals surface area contributed by atoms with Gasteiger partial charge < -0.3 is 19.5 Å². The number of hydrogen-bond donors (Lipinski definition) is 1. The molecule has 2 aromatic rings. The van der Waals surface area contributed by atoms with Gasteiger partial charge in [0.25, 0.3) is 5.91 Å². The topological polar surface area (TPSA) is 84.7 Å². The van der Waals surface area contributed by atoms with Crippen LogP contribution in [0.4, 0.5) is 0 Å². The highest BCUT2D eigenvalue weighted by atomic mass is 16.5. The summed E-state index contributed by atoms with van der Waals surface area (Å²) in [5.74, 6) is 1.49. The van der Waals surface area contributed by atoms with Gasteiger partial charge in [0.05, 0.1) is 13.7 Å². The van der Waals surface area contributed by atoms with Crippen molar-refractivity contribution in [3.63, 3.8) is 0 Å². The third-order valence-electron chi connectivity index (χ3n) is 5.17. The number of nitrogens with zero attached hydrogens (tertiary/aromatic N) is 2. The molecule has 1 aromatic carbocycles. The molecule has 28 heavy (non-hydrogen) atoms. The van der Waals surface area contributed by atoms with Crippen molar-refractivity contribution in [1.29, 1.82) is 0 Å². The molecule has 7 heteroatoms. The standard InChI is InChI=1S/C21H25N3O4/c1-27-17-8-2-14(3-9-17)10-11-22-20(25)19-12-18(28-23-19)13-24(16-6-7-16)21(26)15-4-5-15/h2-3,8-9,12,15-16H,4-7,10-11,13H2,1H3,(H,22,25). The second kappa shape index (κ2) is 8.04. The Hall–Kier alpha value is -2.83. The van der Waals surface area contributed by atoms with E-state index in [-0.39, 0.29) is 23.4 Å². The summed E-state index contributed by atoms with van der Waals surface area (Å²) in [4.78, 5) is 26.6. The Morgan fingerprint density at radius 2 is 1.96 bits per heavy atom. The molecule has 1 heterocycles. The summed E-state index contributed by atoms with van der Waals surface area (Å²) < 4.78 is 10.5. The highest BCUT2D eigenvalue weighted by Gasteiger charge is 2.40. The van der Waals surface area contributed by atoms with Crippen LogP contribution in [-0.2, 0) is 17.8 Å². The van der Waals surface area contributed by atoms with Gasteiger partial charge in [0.15, 0.2) is 11.5 Å². The molecule has 2 amide bonds. The first-order valence-electron chi connectivity index (χ1n) is 9.81. The van der Waals surface area contributed by atoms with E-state index in [4.69, 9.17) is 9.26 Å². The van der Waals surface area contributed by atoms with Gasteiger partial charge in [0, 0.05) is 24.6 Å². The maximum absolute atomic E-state index is 12.4. The third-order valence-corrected chi connectivity index (χ3v) is 5.17. The number of methoxy groups -OCH3 is 1. The number of amides is 2. The van der Waals surface area contributed by atoms with E-state index < -0.39 is 0 Å². The van der Waals surface area contributed by atoms with Crippen molar-refractivity contribution in [3.05, 3.63) is 47.3 Å². The Morgan fingerprint density at radius 3 is 2.61 bits per heavy atom. The Bertz CT molecular complexity index is 838. The van der Waals surface area contributed by atoms with Gasteiger partial charge in [0.2, 0.25) is 5.91 Å². The Kier molecular flexibility index (Phi) is 5.32. The molecule has 0 bridgehead atoms. The number of hydrogen-bond acceptors (Lipinski definition) is 5. The zero-order valence-electron chi connectivity index (χ0n) is 16.0. The van der Waals surface area contributed by atoms with Crippen molar-refractivity contribution in [2.75, 3.05) is 13.7 Å². The Labute approximate surface area is 164 Å². The number of aromatic nitrogens is 1. The number of ether oxygens (including phenoxy) is 1. The number of benzene rings is 1. The number of rotatable bonds is 9. The van der Waals surface area contributed by atoms with Crippen LogP contribution in [0.1, 0.15) is 47.5 Å². The monoisotopic (exact) mass is 383 g/mol. The van der Waals surface area contributed by atoms with Crippen LogP contribution in [-0.4, -0.2) is 41.6 Å². The fourth-order valence-electron chi connectivity index (χ4n) is 3.20. The summed E-state index contributed by atoms with van der Waals surface area (Å²) >= 11 is 0. The van der Waals surface area contributed by atoms with Gasteiger partial charge >= 0.3 is 0 Å². The molecule has 0 saturated heterocycles. The summed E-state index contributed by atoms with van der Waals surface area (Å²) in [6.45, 7) is 0.897. The third kappa shape index (κ3) is 4.52. The van der Waals surface area contributed by atoms with E-state index in [1.54, 1.807) is 13.2 Å². The molecular formula is C21H25N3O4. The SMILES string of the molecule is COc1ccc(CCNC(=O)c2cc(CN(C(=O)C3CC3)C3CC3)on2)cc1. The number of carbonyl (C=O) groups is 2. The van der Waals surface area contributed by atoms with Crippen molar-refractivity contribution in [1.82, 2.24) is 15.4 Å². The minimum absolute atomic E-state index is 0.184. The molecule has 1 aromatic heterocycles. The van der Waals surface area contributed by atoms with Crippen LogP contribution in [0, 0.1) is 5.92 Å². The lowest BCUT2D eigenvalue weighted by Gasteiger charge is -2.20. The number of carbonyl (C=O) groups excluding carboxylic acids is 2. The minimum atomic E-state index is -0.269. The van der Waals surface area contributed by atoms with Gasteiger partial charge in [-0.15, -0.1) is 0 Å². The molecule has 2 fully saturated rings. The van der Waals surface area contributed by atoms with E-state index in [2.05, 4.69) is 10.5 Å². The Balaban J connectivity index is 1.28. The summed E-state index contributed by atoms with van der Waals surface area (Å²) in [5, 5.41) is 6.73. The zero-order valence-corrected chi connectivity index (χ0v) is 16.0. The Morgan fingerprint density at radius 1 is 1.21 bits per heavy atom. The average molecular weight is 383 g/mol. The van der Waals surface area contributed by atoms with Gasteiger partial charge in [-0.25, -0.2) is 0 Å². The normalized spacial score (nSPS) is 15.9. The van der Waals surface area contributed by atoms with Crippen molar-refractivity contribution >= 4 is 11.8 Å². The fraction of sp³-hybridized carbons (Fsp3) is 0.476. The van der Waals surface area contributed by atoms with E-state index in [1.165, 1.54) is 0 Å². The molecule has 0 aliphatic heterocycles. The highest BCUT2D eigenvalue weighted by molar-refractivity contribution is 5.92. The maximum Gasteiger partial charge on any atom is 0.273 e.